The third kappa shape index (κ3) is 4.96. The highest BCUT2D eigenvalue weighted by molar-refractivity contribution is 8.15. The first kappa shape index (κ1) is 21.1. The topological polar surface area (TPSA) is 76.0 Å². The summed E-state index contributed by atoms with van der Waals surface area (Å²) < 4.78 is 42.8. The molecule has 158 valence electrons. The van der Waals surface area contributed by atoms with E-state index in [1.807, 2.05) is 4.90 Å². The van der Waals surface area contributed by atoms with Gasteiger partial charge < -0.3 is 9.64 Å². The molecule has 2 fully saturated rings. The second-order valence-corrected chi connectivity index (χ2v) is 10.9. The summed E-state index contributed by atoms with van der Waals surface area (Å²) in [6.07, 6.45) is 0. The molecule has 0 spiro atoms. The Balaban J connectivity index is 1.50. The molecule has 1 amide bonds. The molecule has 0 bridgehead atoms. The van der Waals surface area contributed by atoms with Crippen LogP contribution in [0.25, 0.3) is 0 Å². The van der Waals surface area contributed by atoms with E-state index in [2.05, 4.69) is 4.99 Å². The van der Waals surface area contributed by atoms with Gasteiger partial charge in [-0.1, -0.05) is 35.5 Å². The van der Waals surface area contributed by atoms with Gasteiger partial charge in [-0.05, 0) is 42.0 Å². The van der Waals surface area contributed by atoms with Gasteiger partial charge in [0.1, 0.15) is 11.6 Å². The van der Waals surface area contributed by atoms with Gasteiger partial charge in [-0.25, -0.2) is 12.8 Å². The van der Waals surface area contributed by atoms with Gasteiger partial charge in [0.2, 0.25) is 0 Å². The summed E-state index contributed by atoms with van der Waals surface area (Å²) in [6.45, 7) is 0.0951. The van der Waals surface area contributed by atoms with E-state index in [9.17, 15) is 17.6 Å². The Morgan fingerprint density at radius 3 is 2.57 bits per heavy atom. The van der Waals surface area contributed by atoms with Gasteiger partial charge in [-0.2, -0.15) is 4.99 Å². The highest BCUT2D eigenvalue weighted by atomic mass is 35.5. The number of aliphatic imine (C=N–C) groups is 1. The van der Waals surface area contributed by atoms with Gasteiger partial charge in [-0.3, -0.25) is 4.79 Å². The largest absolute Gasteiger partial charge is 0.484 e. The van der Waals surface area contributed by atoms with E-state index < -0.39 is 15.7 Å². The lowest BCUT2D eigenvalue weighted by Gasteiger charge is -2.24. The third-order valence-corrected chi connectivity index (χ3v) is 8.34. The number of hydrogen-bond donors (Lipinski definition) is 0. The molecule has 0 aliphatic carbocycles. The van der Waals surface area contributed by atoms with Crippen molar-refractivity contribution in [3.8, 4) is 5.75 Å². The third-order valence-electron chi connectivity index (χ3n) is 4.84. The van der Waals surface area contributed by atoms with Crippen molar-refractivity contribution in [2.45, 2.75) is 17.8 Å². The number of sulfone groups is 1. The maximum Gasteiger partial charge on any atom is 0.285 e. The van der Waals surface area contributed by atoms with Gasteiger partial charge in [-0.15, -0.1) is 0 Å². The summed E-state index contributed by atoms with van der Waals surface area (Å²) in [5.41, 5.74) is 0.805. The van der Waals surface area contributed by atoms with Gasteiger partial charge in [0.05, 0.1) is 17.5 Å². The molecule has 30 heavy (non-hydrogen) atoms. The standard InChI is InChI=1S/C20H18ClFN2O4S2/c21-14-3-7-16(8-4-14)28-10-19(25)23-20-24(9-13-1-5-15(22)6-2-13)17-11-30(26,27)12-18(17)29-20/h1-8,17-18H,9-12H2/t17-,18+/m1/s1. The van der Waals surface area contributed by atoms with E-state index >= 15 is 0 Å². The highest BCUT2D eigenvalue weighted by Crippen LogP contribution is 2.39. The van der Waals surface area contributed by atoms with Crippen LogP contribution in [0.15, 0.2) is 53.5 Å². The van der Waals surface area contributed by atoms with Crippen LogP contribution in [0.2, 0.25) is 5.02 Å². The first-order valence-electron chi connectivity index (χ1n) is 9.17. The summed E-state index contributed by atoms with van der Waals surface area (Å²) in [5, 5.41) is 0.849. The Morgan fingerprint density at radius 1 is 1.17 bits per heavy atom. The van der Waals surface area contributed by atoms with Crippen molar-refractivity contribution in [2.24, 2.45) is 4.99 Å². The normalized spacial score (nSPS) is 23.5. The number of carbonyl (C=O) groups is 1. The number of nitrogens with zero attached hydrogens (tertiary/aromatic N) is 2. The number of thioether (sulfide) groups is 1. The predicted octanol–water partition coefficient (Wildman–Crippen LogP) is 3.16. The number of halogens is 2. The molecule has 4 rings (SSSR count). The van der Waals surface area contributed by atoms with E-state index in [-0.39, 0.29) is 35.2 Å². The molecule has 2 aliphatic rings. The molecular weight excluding hydrogens is 451 g/mol. The Hall–Kier alpha value is -2.10. The van der Waals surface area contributed by atoms with E-state index in [1.54, 1.807) is 36.4 Å². The Morgan fingerprint density at radius 2 is 1.87 bits per heavy atom. The van der Waals surface area contributed by atoms with Crippen LogP contribution in [-0.4, -0.2) is 53.8 Å². The SMILES string of the molecule is O=C(COc1ccc(Cl)cc1)N=C1S[C@H]2CS(=O)(=O)C[C@H]2N1Cc1ccc(F)cc1. The number of ether oxygens (including phenoxy) is 1. The number of rotatable bonds is 5. The number of amidine groups is 1. The van der Waals surface area contributed by atoms with E-state index in [4.69, 9.17) is 16.3 Å². The fourth-order valence-corrected chi connectivity index (χ4v) is 7.52. The van der Waals surface area contributed by atoms with Crippen molar-refractivity contribution < 1.29 is 22.3 Å². The second-order valence-electron chi connectivity index (χ2n) is 7.09. The first-order chi connectivity index (χ1) is 14.3. The smallest absolute Gasteiger partial charge is 0.285 e. The summed E-state index contributed by atoms with van der Waals surface area (Å²) in [5.74, 6) is -0.256. The molecule has 2 aliphatic heterocycles. The molecule has 2 aromatic carbocycles. The average molecular weight is 469 g/mol. The summed E-state index contributed by atoms with van der Waals surface area (Å²) in [4.78, 5) is 18.4. The van der Waals surface area contributed by atoms with Crippen LogP contribution < -0.4 is 4.74 Å². The maximum atomic E-state index is 13.2. The fourth-order valence-electron chi connectivity index (χ4n) is 3.42. The molecule has 6 nitrogen and oxygen atoms in total. The Labute approximate surface area is 183 Å². The fraction of sp³-hybridized carbons (Fsp3) is 0.300. The minimum absolute atomic E-state index is 0.0142. The Bertz CT molecular complexity index is 1070. The van der Waals surface area contributed by atoms with Crippen molar-refractivity contribution in [2.75, 3.05) is 18.1 Å². The van der Waals surface area contributed by atoms with Gasteiger partial charge in [0, 0.05) is 16.8 Å². The van der Waals surface area contributed by atoms with E-state index in [1.165, 1.54) is 23.9 Å². The van der Waals surface area contributed by atoms with Crippen molar-refractivity contribution in [1.29, 1.82) is 0 Å². The molecule has 0 radical (unpaired) electrons. The Kier molecular flexibility index (Phi) is 6.04. The summed E-state index contributed by atoms with van der Waals surface area (Å²) in [6, 6.07) is 12.3. The molecule has 2 aromatic rings. The van der Waals surface area contributed by atoms with Crippen LogP contribution in [0.4, 0.5) is 4.39 Å². The van der Waals surface area contributed by atoms with Crippen LogP contribution in [0.1, 0.15) is 5.56 Å². The molecule has 0 unspecified atom stereocenters. The molecule has 10 heteroatoms. The predicted molar refractivity (Wildman–Crippen MR) is 115 cm³/mol. The molecule has 0 saturated carbocycles. The van der Waals surface area contributed by atoms with Gasteiger partial charge in [0.15, 0.2) is 21.6 Å². The van der Waals surface area contributed by atoms with Crippen molar-refractivity contribution >= 4 is 44.3 Å². The zero-order chi connectivity index (χ0) is 21.3. The van der Waals surface area contributed by atoms with Crippen LogP contribution in [-0.2, 0) is 21.2 Å². The number of hydrogen-bond acceptors (Lipinski definition) is 5. The average Bonchev–Trinajstić information content (AvgIpc) is 3.15. The highest BCUT2D eigenvalue weighted by Gasteiger charge is 2.48. The summed E-state index contributed by atoms with van der Waals surface area (Å²) in [7, 11) is -3.14. The quantitative estimate of drug-likeness (QED) is 0.671. The lowest BCUT2D eigenvalue weighted by Crippen LogP contribution is -2.37. The van der Waals surface area contributed by atoms with Crippen LogP contribution >= 0.6 is 23.4 Å². The molecular formula is C20H18ClFN2O4S2. The molecule has 2 saturated heterocycles. The molecule has 2 atom stereocenters. The van der Waals surface area contributed by atoms with Crippen LogP contribution in [0, 0.1) is 5.82 Å². The minimum atomic E-state index is -3.14. The van der Waals surface area contributed by atoms with Crippen LogP contribution in [0.3, 0.4) is 0 Å². The maximum absolute atomic E-state index is 13.2. The number of fused-ring (bicyclic) bond motifs is 1. The van der Waals surface area contributed by atoms with Gasteiger partial charge >= 0.3 is 0 Å². The van der Waals surface area contributed by atoms with Crippen LogP contribution in [0.5, 0.6) is 5.75 Å². The lowest BCUT2D eigenvalue weighted by molar-refractivity contribution is -0.119. The minimum Gasteiger partial charge on any atom is -0.484 e. The van der Waals surface area contributed by atoms with Crippen molar-refractivity contribution in [3.63, 3.8) is 0 Å². The zero-order valence-corrected chi connectivity index (χ0v) is 18.1. The van der Waals surface area contributed by atoms with E-state index in [0.29, 0.717) is 22.5 Å². The molecule has 2 heterocycles. The van der Waals surface area contributed by atoms with Crippen molar-refractivity contribution in [1.82, 2.24) is 4.90 Å². The number of amides is 1. The van der Waals surface area contributed by atoms with Crippen molar-refractivity contribution in [3.05, 3.63) is 64.9 Å². The monoisotopic (exact) mass is 468 g/mol. The number of benzene rings is 2. The first-order valence-corrected chi connectivity index (χ1v) is 12.2. The van der Waals surface area contributed by atoms with E-state index in [0.717, 1.165) is 5.56 Å². The zero-order valence-electron chi connectivity index (χ0n) is 15.7. The summed E-state index contributed by atoms with van der Waals surface area (Å²) >= 11 is 7.12. The second kappa shape index (κ2) is 8.56. The number of carbonyl (C=O) groups excluding carboxylic acids is 1. The molecule has 0 aromatic heterocycles. The molecule has 0 N–H and O–H groups in total. The van der Waals surface area contributed by atoms with Gasteiger partial charge in [0.25, 0.3) is 5.91 Å². The lowest BCUT2D eigenvalue weighted by atomic mass is 10.1.